The molecule has 3 rings (SSSR count). The van der Waals surface area contributed by atoms with Crippen molar-refractivity contribution < 1.29 is 14.3 Å². The zero-order valence-electron chi connectivity index (χ0n) is 14.4. The summed E-state index contributed by atoms with van der Waals surface area (Å²) < 4.78 is 5.13. The number of ether oxygens (including phenoxy) is 1. The summed E-state index contributed by atoms with van der Waals surface area (Å²) in [6.45, 7) is 1.84. The molecule has 0 spiro atoms. The molecule has 8 heteroatoms. The maximum Gasteiger partial charge on any atom is 0.414 e. The number of carbonyl (C=O) groups is 2. The number of anilines is 1. The van der Waals surface area contributed by atoms with Gasteiger partial charge in [-0.25, -0.2) is 4.79 Å². The highest BCUT2D eigenvalue weighted by Crippen LogP contribution is 2.18. The summed E-state index contributed by atoms with van der Waals surface area (Å²) in [4.78, 5) is 24.2. The molecule has 0 bridgehead atoms. The Hall–Kier alpha value is -3.32. The van der Waals surface area contributed by atoms with Gasteiger partial charge in [0.15, 0.2) is 0 Å². The Bertz CT molecular complexity index is 943. The largest absolute Gasteiger partial charge is 0.414 e. The fourth-order valence-corrected chi connectivity index (χ4v) is 2.60. The number of nitrogens with one attached hydrogen (secondary N) is 3. The predicted molar refractivity (Wildman–Crippen MR) is 102 cm³/mol. The number of nitrogens with zero attached hydrogens (tertiary/aromatic N) is 1. The molecule has 2 aromatic carbocycles. The van der Waals surface area contributed by atoms with Gasteiger partial charge < -0.3 is 15.4 Å². The summed E-state index contributed by atoms with van der Waals surface area (Å²) >= 11 is 5.99. The summed E-state index contributed by atoms with van der Waals surface area (Å²) in [6, 6.07) is 17.3. The molecule has 0 fully saturated rings. The smallest absolute Gasteiger partial charge is 0.390 e. The van der Waals surface area contributed by atoms with Gasteiger partial charge in [0, 0.05) is 6.07 Å². The van der Waals surface area contributed by atoms with Gasteiger partial charge in [-0.15, -0.1) is 5.10 Å². The lowest BCUT2D eigenvalue weighted by Crippen LogP contribution is -2.29. The van der Waals surface area contributed by atoms with Crippen molar-refractivity contribution in [2.24, 2.45) is 0 Å². The monoisotopic (exact) mass is 384 g/mol. The van der Waals surface area contributed by atoms with Crippen LogP contribution in [0.15, 0.2) is 60.7 Å². The Morgan fingerprint density at radius 2 is 1.81 bits per heavy atom. The van der Waals surface area contributed by atoms with E-state index in [0.29, 0.717) is 10.6 Å². The number of aromatic amines is 1. The van der Waals surface area contributed by atoms with Crippen molar-refractivity contribution in [3.8, 4) is 5.88 Å². The average Bonchev–Trinajstić information content (AvgIpc) is 3.09. The van der Waals surface area contributed by atoms with E-state index in [0.717, 1.165) is 5.56 Å². The minimum absolute atomic E-state index is 0.0298. The molecule has 0 unspecified atom stereocenters. The van der Waals surface area contributed by atoms with E-state index in [-0.39, 0.29) is 17.7 Å². The van der Waals surface area contributed by atoms with Crippen LogP contribution in [0.5, 0.6) is 5.88 Å². The molecule has 0 radical (unpaired) electrons. The number of benzene rings is 2. The van der Waals surface area contributed by atoms with Crippen LogP contribution in [-0.2, 0) is 0 Å². The van der Waals surface area contributed by atoms with Crippen LogP contribution in [-0.4, -0.2) is 22.2 Å². The highest BCUT2D eigenvalue weighted by Gasteiger charge is 2.15. The Labute approximate surface area is 160 Å². The molecule has 0 saturated heterocycles. The predicted octanol–water partition coefficient (Wildman–Crippen LogP) is 4.17. The molecule has 138 valence electrons. The molecular formula is C19H17ClN4O3. The van der Waals surface area contributed by atoms with Gasteiger partial charge in [0.05, 0.1) is 16.6 Å². The standard InChI is InChI=1S/C19H17ClN4O3/c1-12(13-7-3-2-4-8-13)21-19(26)27-17-11-16(23-24-17)22-18(25)14-9-5-6-10-15(14)20/h2-12H,1H3,(H,21,26)(H2,22,23,24,25)/t12-/m1/s1. The molecule has 3 N–H and O–H groups in total. The Morgan fingerprint density at radius 3 is 2.56 bits per heavy atom. The maximum absolute atomic E-state index is 12.2. The average molecular weight is 385 g/mol. The van der Waals surface area contributed by atoms with Crippen LogP contribution in [0.25, 0.3) is 0 Å². The number of H-pyrrole nitrogens is 1. The first kappa shape index (κ1) is 18.5. The minimum Gasteiger partial charge on any atom is -0.390 e. The van der Waals surface area contributed by atoms with Crippen LogP contribution >= 0.6 is 11.6 Å². The van der Waals surface area contributed by atoms with Crippen molar-refractivity contribution in [2.45, 2.75) is 13.0 Å². The van der Waals surface area contributed by atoms with E-state index in [1.807, 2.05) is 37.3 Å². The van der Waals surface area contributed by atoms with Gasteiger partial charge in [0.25, 0.3) is 5.91 Å². The number of carbonyl (C=O) groups excluding carboxylic acids is 2. The second kappa shape index (κ2) is 8.37. The summed E-state index contributed by atoms with van der Waals surface area (Å²) in [6.07, 6.45) is -0.651. The highest BCUT2D eigenvalue weighted by atomic mass is 35.5. The van der Waals surface area contributed by atoms with Crippen LogP contribution in [0.4, 0.5) is 10.6 Å². The molecule has 3 aromatic rings. The van der Waals surface area contributed by atoms with Gasteiger partial charge in [-0.3, -0.25) is 9.89 Å². The van der Waals surface area contributed by atoms with Gasteiger partial charge in [-0.1, -0.05) is 54.1 Å². The van der Waals surface area contributed by atoms with Crippen molar-refractivity contribution in [1.82, 2.24) is 15.5 Å². The zero-order valence-corrected chi connectivity index (χ0v) is 15.2. The molecule has 27 heavy (non-hydrogen) atoms. The number of aromatic nitrogens is 2. The summed E-state index contributed by atoms with van der Waals surface area (Å²) in [5, 5.41) is 12.1. The third-order valence-corrected chi connectivity index (χ3v) is 4.08. The zero-order chi connectivity index (χ0) is 19.2. The number of amides is 2. The molecular weight excluding hydrogens is 368 g/mol. The first-order valence-corrected chi connectivity index (χ1v) is 8.55. The van der Waals surface area contributed by atoms with E-state index in [2.05, 4.69) is 20.8 Å². The summed E-state index contributed by atoms with van der Waals surface area (Å²) in [5.74, 6) is -0.0981. The van der Waals surface area contributed by atoms with Crippen molar-refractivity contribution in [3.63, 3.8) is 0 Å². The van der Waals surface area contributed by atoms with Crippen LogP contribution in [0.2, 0.25) is 5.02 Å². The van der Waals surface area contributed by atoms with Crippen LogP contribution in [0, 0.1) is 0 Å². The van der Waals surface area contributed by atoms with Crippen LogP contribution in [0.1, 0.15) is 28.9 Å². The fourth-order valence-electron chi connectivity index (χ4n) is 2.38. The van der Waals surface area contributed by atoms with E-state index < -0.39 is 12.0 Å². The molecule has 0 aliphatic heterocycles. The second-order valence-corrected chi connectivity index (χ2v) is 6.13. The minimum atomic E-state index is -0.651. The van der Waals surface area contributed by atoms with E-state index in [4.69, 9.17) is 16.3 Å². The SMILES string of the molecule is C[C@@H](NC(=O)Oc1cc(NC(=O)c2ccccc2Cl)[nH]n1)c1ccccc1. The van der Waals surface area contributed by atoms with Crippen molar-refractivity contribution in [1.29, 1.82) is 0 Å². The van der Waals surface area contributed by atoms with E-state index in [1.165, 1.54) is 6.07 Å². The lowest BCUT2D eigenvalue weighted by atomic mass is 10.1. The normalized spacial score (nSPS) is 11.5. The number of halogens is 1. The van der Waals surface area contributed by atoms with Gasteiger partial charge in [-0.05, 0) is 24.6 Å². The number of rotatable bonds is 5. The highest BCUT2D eigenvalue weighted by molar-refractivity contribution is 6.34. The molecule has 2 amide bonds. The Balaban J connectivity index is 1.57. The second-order valence-electron chi connectivity index (χ2n) is 5.72. The summed E-state index contributed by atoms with van der Waals surface area (Å²) in [5.41, 5.74) is 1.27. The van der Waals surface area contributed by atoms with Crippen LogP contribution in [0.3, 0.4) is 0 Å². The molecule has 1 aromatic heterocycles. The Morgan fingerprint density at radius 1 is 1.11 bits per heavy atom. The van der Waals surface area contributed by atoms with Crippen molar-refractivity contribution >= 4 is 29.4 Å². The molecule has 0 aliphatic carbocycles. The van der Waals surface area contributed by atoms with Crippen molar-refractivity contribution in [3.05, 3.63) is 76.8 Å². The molecule has 1 heterocycles. The van der Waals surface area contributed by atoms with Crippen molar-refractivity contribution in [2.75, 3.05) is 5.32 Å². The van der Waals surface area contributed by atoms with Gasteiger partial charge in [0.1, 0.15) is 5.82 Å². The van der Waals surface area contributed by atoms with E-state index >= 15 is 0 Å². The maximum atomic E-state index is 12.2. The Kier molecular flexibility index (Phi) is 5.73. The first-order chi connectivity index (χ1) is 13.0. The molecule has 0 aliphatic rings. The third-order valence-electron chi connectivity index (χ3n) is 3.75. The lowest BCUT2D eigenvalue weighted by molar-refractivity contribution is 0.102. The first-order valence-electron chi connectivity index (χ1n) is 8.17. The van der Waals surface area contributed by atoms with Gasteiger partial charge in [-0.2, -0.15) is 0 Å². The van der Waals surface area contributed by atoms with E-state index in [9.17, 15) is 9.59 Å². The van der Waals surface area contributed by atoms with Gasteiger partial charge in [0.2, 0.25) is 5.88 Å². The summed E-state index contributed by atoms with van der Waals surface area (Å²) in [7, 11) is 0. The fraction of sp³-hybridized carbons (Fsp3) is 0.105. The number of hydrogen-bond donors (Lipinski definition) is 3. The molecule has 7 nitrogen and oxygen atoms in total. The molecule has 0 saturated carbocycles. The number of hydrogen-bond acceptors (Lipinski definition) is 4. The topological polar surface area (TPSA) is 96.1 Å². The lowest BCUT2D eigenvalue weighted by Gasteiger charge is -2.13. The van der Waals surface area contributed by atoms with Crippen LogP contribution < -0.4 is 15.4 Å². The quantitative estimate of drug-likeness (QED) is 0.615. The van der Waals surface area contributed by atoms with E-state index in [1.54, 1.807) is 24.3 Å². The van der Waals surface area contributed by atoms with Gasteiger partial charge >= 0.3 is 6.09 Å². The molecule has 1 atom stereocenters. The third kappa shape index (κ3) is 4.86.